The Balaban J connectivity index is 2.03. The minimum atomic E-state index is -0.164. The maximum absolute atomic E-state index is 13.2. The van der Waals surface area contributed by atoms with Crippen LogP contribution in [0.15, 0.2) is 51.7 Å². The van der Waals surface area contributed by atoms with Crippen LogP contribution in [0.4, 0.5) is 0 Å². The van der Waals surface area contributed by atoms with E-state index in [1.165, 1.54) is 13.2 Å². The summed E-state index contributed by atoms with van der Waals surface area (Å²) in [6.07, 6.45) is 2.99. The molecule has 6 heteroatoms. The van der Waals surface area contributed by atoms with Crippen molar-refractivity contribution in [1.29, 1.82) is 0 Å². The van der Waals surface area contributed by atoms with Gasteiger partial charge in [0.15, 0.2) is 11.0 Å². The predicted octanol–water partition coefficient (Wildman–Crippen LogP) is 4.20. The minimum absolute atomic E-state index is 0.164. The number of methoxy groups -OCH3 is 3. The fraction of sp³-hybridized carbons (Fsp3) is 0.292. The van der Waals surface area contributed by atoms with E-state index in [2.05, 4.69) is 18.0 Å². The van der Waals surface area contributed by atoms with E-state index in [4.69, 9.17) is 18.6 Å². The Morgan fingerprint density at radius 3 is 2.47 bits per heavy atom. The molecule has 4 rings (SSSR count). The van der Waals surface area contributed by atoms with Crippen molar-refractivity contribution < 1.29 is 18.6 Å². The van der Waals surface area contributed by atoms with E-state index in [1.807, 2.05) is 24.3 Å². The third kappa shape index (κ3) is 3.55. The van der Waals surface area contributed by atoms with Crippen LogP contribution in [0.1, 0.15) is 12.0 Å². The number of benzene rings is 2. The van der Waals surface area contributed by atoms with Crippen LogP contribution in [0.5, 0.6) is 17.2 Å². The van der Waals surface area contributed by atoms with Crippen molar-refractivity contribution in [1.82, 2.24) is 4.90 Å². The first-order valence-electron chi connectivity index (χ1n) is 9.81. The molecule has 1 aliphatic rings. The molecule has 0 unspecified atom stereocenters. The van der Waals surface area contributed by atoms with E-state index in [1.54, 1.807) is 20.3 Å². The first-order chi connectivity index (χ1) is 14.5. The van der Waals surface area contributed by atoms with Gasteiger partial charge in [0.25, 0.3) is 0 Å². The molecule has 1 aliphatic heterocycles. The molecule has 0 radical (unpaired) electrons. The number of rotatable bonds is 5. The molecular weight excluding hydrogens is 382 g/mol. The van der Waals surface area contributed by atoms with E-state index in [-0.39, 0.29) is 5.43 Å². The van der Waals surface area contributed by atoms with Crippen molar-refractivity contribution in [3.63, 3.8) is 0 Å². The topological polar surface area (TPSA) is 61.1 Å². The van der Waals surface area contributed by atoms with E-state index in [9.17, 15) is 4.79 Å². The summed E-state index contributed by atoms with van der Waals surface area (Å²) in [6, 6.07) is 10.7. The zero-order valence-corrected chi connectivity index (χ0v) is 17.7. The van der Waals surface area contributed by atoms with Gasteiger partial charge in [-0.2, -0.15) is 0 Å². The van der Waals surface area contributed by atoms with E-state index < -0.39 is 0 Å². The van der Waals surface area contributed by atoms with Gasteiger partial charge >= 0.3 is 0 Å². The highest BCUT2D eigenvalue weighted by molar-refractivity contribution is 5.97. The normalized spacial score (nSPS) is 14.5. The van der Waals surface area contributed by atoms with Crippen LogP contribution in [0.3, 0.4) is 0 Å². The molecule has 0 amide bonds. The molecule has 2 heterocycles. The number of likely N-dealkylation sites (N-methyl/N-ethyl adjacent to an activating group) is 1. The van der Waals surface area contributed by atoms with Gasteiger partial charge in [-0.15, -0.1) is 0 Å². The van der Waals surface area contributed by atoms with Gasteiger partial charge in [0, 0.05) is 30.8 Å². The Labute approximate surface area is 175 Å². The average molecular weight is 407 g/mol. The van der Waals surface area contributed by atoms with Gasteiger partial charge in [-0.05, 0) is 31.2 Å². The summed E-state index contributed by atoms with van der Waals surface area (Å²) in [5, 5.41) is 0.416. The largest absolute Gasteiger partial charge is 0.497 e. The van der Waals surface area contributed by atoms with Crippen molar-refractivity contribution in [3.8, 4) is 28.6 Å². The van der Waals surface area contributed by atoms with Gasteiger partial charge in [0.1, 0.15) is 28.4 Å². The molecule has 0 N–H and O–H groups in total. The first kappa shape index (κ1) is 20.0. The molecule has 2 aromatic carbocycles. The molecule has 30 heavy (non-hydrogen) atoms. The highest BCUT2D eigenvalue weighted by atomic mass is 16.5. The van der Waals surface area contributed by atoms with Crippen LogP contribution in [0.25, 0.3) is 27.9 Å². The second-order valence-corrected chi connectivity index (χ2v) is 7.31. The Kier molecular flexibility index (Phi) is 5.50. The van der Waals surface area contributed by atoms with E-state index in [0.29, 0.717) is 34.0 Å². The zero-order chi connectivity index (χ0) is 21.3. The average Bonchev–Trinajstić information content (AvgIpc) is 2.78. The Hall–Kier alpha value is -3.25. The molecule has 0 bridgehead atoms. The number of nitrogens with zero attached hydrogens (tertiary/aromatic N) is 1. The van der Waals surface area contributed by atoms with Crippen molar-refractivity contribution >= 4 is 16.5 Å². The quantitative estimate of drug-likeness (QED) is 0.632. The lowest BCUT2D eigenvalue weighted by Gasteiger charge is -2.24. The van der Waals surface area contributed by atoms with Crippen LogP contribution < -0.4 is 19.6 Å². The standard InChI is InChI=1S/C24H25NO5/c1-25-10-8-15(9-11-25)22-20(28-3)14-21(29-4)23-18(26)13-19(30-24(22)23)16-6-5-7-17(12-16)27-2/h5-8,12-14H,9-11H2,1-4H3. The second kappa shape index (κ2) is 8.24. The predicted molar refractivity (Wildman–Crippen MR) is 118 cm³/mol. The summed E-state index contributed by atoms with van der Waals surface area (Å²) in [7, 11) is 6.84. The molecule has 1 aromatic heterocycles. The SMILES string of the molecule is COc1cccc(-c2cc(=O)c3c(OC)cc(OC)c(C4=CCN(C)CC4)c3o2)c1. The summed E-state index contributed by atoms with van der Waals surface area (Å²) in [5.74, 6) is 2.22. The first-order valence-corrected chi connectivity index (χ1v) is 9.81. The van der Waals surface area contributed by atoms with Gasteiger partial charge in [0.2, 0.25) is 0 Å². The summed E-state index contributed by atoms with van der Waals surface area (Å²) < 4.78 is 22.9. The Morgan fingerprint density at radius 1 is 1.00 bits per heavy atom. The lowest BCUT2D eigenvalue weighted by molar-refractivity contribution is 0.368. The maximum Gasteiger partial charge on any atom is 0.197 e. The van der Waals surface area contributed by atoms with Crippen LogP contribution in [0.2, 0.25) is 0 Å². The number of hydrogen-bond acceptors (Lipinski definition) is 6. The van der Waals surface area contributed by atoms with Crippen molar-refractivity contribution in [2.24, 2.45) is 0 Å². The van der Waals surface area contributed by atoms with Crippen molar-refractivity contribution in [3.05, 3.63) is 58.3 Å². The van der Waals surface area contributed by atoms with Crippen LogP contribution >= 0.6 is 0 Å². The smallest absolute Gasteiger partial charge is 0.197 e. The molecule has 0 saturated carbocycles. The maximum atomic E-state index is 13.2. The molecule has 0 saturated heterocycles. The monoisotopic (exact) mass is 407 g/mol. The highest BCUT2D eigenvalue weighted by Crippen LogP contribution is 2.41. The third-order valence-corrected chi connectivity index (χ3v) is 5.46. The van der Waals surface area contributed by atoms with Gasteiger partial charge in [0.05, 0.1) is 26.9 Å². The second-order valence-electron chi connectivity index (χ2n) is 7.31. The molecule has 0 aliphatic carbocycles. The van der Waals surface area contributed by atoms with Crippen molar-refractivity contribution in [2.75, 3.05) is 41.5 Å². The minimum Gasteiger partial charge on any atom is -0.497 e. The summed E-state index contributed by atoms with van der Waals surface area (Å²) in [5.41, 5.74) is 2.99. The highest BCUT2D eigenvalue weighted by Gasteiger charge is 2.23. The van der Waals surface area contributed by atoms with E-state index >= 15 is 0 Å². The van der Waals surface area contributed by atoms with Crippen LogP contribution in [0, 0.1) is 0 Å². The molecule has 156 valence electrons. The molecule has 0 atom stereocenters. The summed E-state index contributed by atoms with van der Waals surface area (Å²) >= 11 is 0. The fourth-order valence-electron chi connectivity index (χ4n) is 3.82. The summed E-state index contributed by atoms with van der Waals surface area (Å²) in [4.78, 5) is 15.4. The lowest BCUT2D eigenvalue weighted by atomic mass is 9.95. The van der Waals surface area contributed by atoms with Crippen LogP contribution in [-0.4, -0.2) is 46.4 Å². The van der Waals surface area contributed by atoms with Gasteiger partial charge in [-0.3, -0.25) is 4.79 Å². The molecular formula is C24H25NO5. The molecule has 0 spiro atoms. The Bertz CT molecular complexity index is 1180. The molecule has 6 nitrogen and oxygen atoms in total. The number of fused-ring (bicyclic) bond motifs is 1. The van der Waals surface area contributed by atoms with Crippen molar-refractivity contribution in [2.45, 2.75) is 6.42 Å². The number of hydrogen-bond donors (Lipinski definition) is 0. The lowest BCUT2D eigenvalue weighted by Crippen LogP contribution is -2.24. The van der Waals surface area contributed by atoms with Gasteiger partial charge < -0.3 is 23.5 Å². The fourth-order valence-corrected chi connectivity index (χ4v) is 3.82. The Morgan fingerprint density at radius 2 is 1.80 bits per heavy atom. The van der Waals surface area contributed by atoms with Gasteiger partial charge in [-0.25, -0.2) is 0 Å². The summed E-state index contributed by atoms with van der Waals surface area (Å²) in [6.45, 7) is 1.74. The molecule has 3 aromatic rings. The van der Waals surface area contributed by atoms with Gasteiger partial charge in [-0.1, -0.05) is 18.2 Å². The van der Waals surface area contributed by atoms with Crippen LogP contribution in [-0.2, 0) is 0 Å². The number of ether oxygens (including phenoxy) is 3. The zero-order valence-electron chi connectivity index (χ0n) is 17.7. The molecule has 0 fully saturated rings. The third-order valence-electron chi connectivity index (χ3n) is 5.46. The van der Waals surface area contributed by atoms with E-state index in [0.717, 1.165) is 36.2 Å².